The van der Waals surface area contributed by atoms with Crippen LogP contribution in [0.2, 0.25) is 5.15 Å². The van der Waals surface area contributed by atoms with Crippen LogP contribution < -0.4 is 9.46 Å². The SMILES string of the molecule is Cc1c(S(=O)(=O)NC(=O)c2ccc(-n3ccc(OCCC4(C(F)(F)F)CC4)n3)nc2Cl)cnn1CCCC1CN(C(=O)O)C(C)(C)C1. The quantitative estimate of drug-likeness (QED) is 0.241. The zero-order valence-corrected chi connectivity index (χ0v) is 27.5. The topological polar surface area (TPSA) is 162 Å². The molecule has 0 spiro atoms. The monoisotopic (exact) mass is 701 g/mol. The summed E-state index contributed by atoms with van der Waals surface area (Å²) in [7, 11) is -4.34. The number of amides is 2. The second-order valence-electron chi connectivity index (χ2n) is 12.7. The van der Waals surface area contributed by atoms with Crippen LogP contribution in [0, 0.1) is 18.3 Å². The van der Waals surface area contributed by atoms with Gasteiger partial charge in [-0.05, 0) is 77.3 Å². The Morgan fingerprint density at radius 1 is 1.21 bits per heavy atom. The van der Waals surface area contributed by atoms with Crippen LogP contribution in [-0.2, 0) is 16.6 Å². The van der Waals surface area contributed by atoms with Crippen LogP contribution in [0.15, 0.2) is 35.5 Å². The number of hydrogen-bond acceptors (Lipinski definition) is 8. The molecule has 1 unspecified atom stereocenters. The van der Waals surface area contributed by atoms with Crippen LogP contribution in [0.3, 0.4) is 0 Å². The van der Waals surface area contributed by atoms with Gasteiger partial charge in [0.2, 0.25) is 5.88 Å². The van der Waals surface area contributed by atoms with Gasteiger partial charge in [-0.25, -0.2) is 27.6 Å². The maximum atomic E-state index is 13.1. The minimum atomic E-state index is -4.34. The van der Waals surface area contributed by atoms with Gasteiger partial charge in [-0.1, -0.05) is 11.6 Å². The smallest absolute Gasteiger partial charge is 0.407 e. The third-order valence-electron chi connectivity index (χ3n) is 8.91. The van der Waals surface area contributed by atoms with Gasteiger partial charge >= 0.3 is 12.3 Å². The predicted octanol–water partition coefficient (Wildman–Crippen LogP) is 5.21. The minimum absolute atomic E-state index is 0.0806. The minimum Gasteiger partial charge on any atom is -0.477 e. The lowest BCUT2D eigenvalue weighted by Crippen LogP contribution is -2.41. The van der Waals surface area contributed by atoms with E-state index in [1.165, 1.54) is 38.7 Å². The molecule has 1 saturated carbocycles. The predicted molar refractivity (Wildman–Crippen MR) is 162 cm³/mol. The number of nitrogens with zero attached hydrogens (tertiary/aromatic N) is 6. The molecule has 3 aromatic rings. The molecule has 47 heavy (non-hydrogen) atoms. The molecule has 1 aliphatic carbocycles. The van der Waals surface area contributed by atoms with Crippen LogP contribution in [0.5, 0.6) is 5.88 Å². The van der Waals surface area contributed by atoms with Crippen molar-refractivity contribution in [2.75, 3.05) is 13.2 Å². The second kappa shape index (κ2) is 12.6. The van der Waals surface area contributed by atoms with E-state index < -0.39 is 39.2 Å². The summed E-state index contributed by atoms with van der Waals surface area (Å²) in [6, 6.07) is 4.09. The highest BCUT2D eigenvalue weighted by atomic mass is 35.5. The van der Waals surface area contributed by atoms with E-state index in [4.69, 9.17) is 16.3 Å². The molecule has 4 heterocycles. The van der Waals surface area contributed by atoms with Crippen LogP contribution in [0.1, 0.15) is 68.4 Å². The molecule has 0 aromatic carbocycles. The number of aromatic nitrogens is 5. The van der Waals surface area contributed by atoms with Gasteiger partial charge in [0, 0.05) is 30.9 Å². The Bertz CT molecular complexity index is 1770. The van der Waals surface area contributed by atoms with E-state index in [0.29, 0.717) is 25.2 Å². The zero-order chi connectivity index (χ0) is 34.4. The molecule has 2 amide bonds. The lowest BCUT2D eigenvalue weighted by molar-refractivity contribution is -0.190. The van der Waals surface area contributed by atoms with Crippen molar-refractivity contribution < 1.29 is 41.0 Å². The summed E-state index contributed by atoms with van der Waals surface area (Å²) < 4.78 is 75.8. The summed E-state index contributed by atoms with van der Waals surface area (Å²) in [5.41, 5.74) is -2.02. The van der Waals surface area contributed by atoms with Gasteiger partial charge in [0.05, 0.1) is 29.5 Å². The first-order chi connectivity index (χ1) is 21.9. The number of likely N-dealkylation sites (tertiary alicyclic amines) is 1. The number of nitrogens with one attached hydrogen (secondary N) is 1. The van der Waals surface area contributed by atoms with E-state index in [1.54, 1.807) is 6.92 Å². The zero-order valence-electron chi connectivity index (χ0n) is 25.9. The lowest BCUT2D eigenvalue weighted by atomic mass is 9.93. The Morgan fingerprint density at radius 2 is 1.94 bits per heavy atom. The molecule has 3 aromatic heterocycles. The maximum absolute atomic E-state index is 13.1. The number of carbonyl (C=O) groups excluding carboxylic acids is 1. The van der Waals surface area contributed by atoms with Gasteiger partial charge < -0.3 is 14.7 Å². The van der Waals surface area contributed by atoms with Crippen molar-refractivity contribution in [2.24, 2.45) is 11.3 Å². The van der Waals surface area contributed by atoms with Crippen molar-refractivity contribution in [1.29, 1.82) is 0 Å². The first-order valence-corrected chi connectivity index (χ1v) is 16.8. The molecule has 0 bridgehead atoms. The standard InChI is InChI=1S/C29H35ClF3N7O6S/c1-18-21(16-34-39(18)12-4-5-19-15-27(2,3)38(17-19)26(42)43)47(44,45)37-25(41)20-6-7-22(35-24(20)30)40-13-8-23(36-40)46-14-11-28(9-10-28)29(31,32)33/h6-8,13,16,19H,4-5,9-12,14-15,17H2,1-3H3,(H,37,41)(H,42,43). The Balaban J connectivity index is 1.16. The number of hydrogen-bond donors (Lipinski definition) is 2. The van der Waals surface area contributed by atoms with Crippen LogP contribution in [0.25, 0.3) is 5.82 Å². The van der Waals surface area contributed by atoms with Crippen LogP contribution in [-0.4, -0.2) is 79.8 Å². The first kappa shape index (κ1) is 34.5. The third kappa shape index (κ3) is 7.35. The highest BCUT2D eigenvalue weighted by Crippen LogP contribution is 2.59. The molecule has 1 saturated heterocycles. The number of ether oxygens (including phenoxy) is 1. The number of carboxylic acid groups (broad SMARTS) is 1. The van der Waals surface area contributed by atoms with Crippen molar-refractivity contribution in [1.82, 2.24) is 34.2 Å². The number of pyridine rings is 1. The molecule has 1 atom stereocenters. The third-order valence-corrected chi connectivity index (χ3v) is 10.6. The van der Waals surface area contributed by atoms with Gasteiger partial charge in [-0.2, -0.15) is 18.3 Å². The molecule has 1 aliphatic heterocycles. The number of rotatable bonds is 12. The Morgan fingerprint density at radius 3 is 2.55 bits per heavy atom. The second-order valence-corrected chi connectivity index (χ2v) is 14.7. The van der Waals surface area contributed by atoms with E-state index in [-0.39, 0.29) is 59.1 Å². The van der Waals surface area contributed by atoms with Gasteiger partial charge in [0.15, 0.2) is 5.82 Å². The number of halogens is 4. The summed E-state index contributed by atoms with van der Waals surface area (Å²) in [4.78, 5) is 29.8. The lowest BCUT2D eigenvalue weighted by Gasteiger charge is -2.28. The molecule has 2 aliphatic rings. The van der Waals surface area contributed by atoms with Crippen molar-refractivity contribution in [3.8, 4) is 11.7 Å². The number of carbonyl (C=O) groups is 2. The van der Waals surface area contributed by atoms with E-state index in [2.05, 4.69) is 15.2 Å². The molecule has 5 rings (SSSR count). The Hall–Kier alpha value is -3.86. The fourth-order valence-corrected chi connectivity index (χ4v) is 7.39. The molecule has 13 nitrogen and oxygen atoms in total. The van der Waals surface area contributed by atoms with E-state index in [0.717, 1.165) is 19.0 Å². The van der Waals surface area contributed by atoms with Crippen molar-refractivity contribution >= 4 is 33.6 Å². The fourth-order valence-electron chi connectivity index (χ4n) is 6.01. The van der Waals surface area contributed by atoms with E-state index in [9.17, 15) is 36.3 Å². The maximum Gasteiger partial charge on any atom is 0.407 e. The molecule has 0 radical (unpaired) electrons. The van der Waals surface area contributed by atoms with Crippen molar-refractivity contribution in [2.45, 2.75) is 82.5 Å². The number of sulfonamides is 1. The van der Waals surface area contributed by atoms with E-state index >= 15 is 0 Å². The van der Waals surface area contributed by atoms with E-state index in [1.807, 2.05) is 18.6 Å². The molecular formula is C29H35ClF3N7O6S. The van der Waals surface area contributed by atoms with Crippen LogP contribution in [0.4, 0.5) is 18.0 Å². The normalized spacial score (nSPS) is 18.7. The average molecular weight is 702 g/mol. The molecular weight excluding hydrogens is 667 g/mol. The Kier molecular flexibility index (Phi) is 9.27. The van der Waals surface area contributed by atoms with Gasteiger partial charge in [-0.3, -0.25) is 9.48 Å². The largest absolute Gasteiger partial charge is 0.477 e. The highest BCUT2D eigenvalue weighted by Gasteiger charge is 2.62. The van der Waals surface area contributed by atoms with Gasteiger partial charge in [0.25, 0.3) is 15.9 Å². The van der Waals surface area contributed by atoms with Gasteiger partial charge in [0.1, 0.15) is 10.0 Å². The van der Waals surface area contributed by atoms with Crippen molar-refractivity contribution in [3.05, 3.63) is 47.0 Å². The summed E-state index contributed by atoms with van der Waals surface area (Å²) in [6.45, 7) is 6.05. The first-order valence-electron chi connectivity index (χ1n) is 14.9. The number of aryl methyl sites for hydroxylation is 1. The summed E-state index contributed by atoms with van der Waals surface area (Å²) in [6.07, 6.45) is -0.497. The van der Waals surface area contributed by atoms with Crippen LogP contribution >= 0.6 is 11.6 Å². The molecule has 256 valence electrons. The van der Waals surface area contributed by atoms with Crippen molar-refractivity contribution in [3.63, 3.8) is 0 Å². The fraction of sp³-hybridized carbons (Fsp3) is 0.552. The molecule has 2 N–H and O–H groups in total. The summed E-state index contributed by atoms with van der Waals surface area (Å²) >= 11 is 6.23. The Labute approximate surface area is 274 Å². The molecule has 2 fully saturated rings. The van der Waals surface area contributed by atoms with Gasteiger partial charge in [-0.15, -0.1) is 5.10 Å². The number of alkyl halides is 3. The summed E-state index contributed by atoms with van der Waals surface area (Å²) in [5, 5.41) is 17.4. The average Bonchev–Trinajstić information content (AvgIpc) is 3.29. The summed E-state index contributed by atoms with van der Waals surface area (Å²) in [5.74, 6) is -0.597. The highest BCUT2D eigenvalue weighted by molar-refractivity contribution is 7.90. The molecule has 18 heteroatoms.